The number of aliphatic carboxylic acids is 1. The summed E-state index contributed by atoms with van der Waals surface area (Å²) in [4.78, 5) is 39.8. The molecule has 0 aromatic heterocycles. The van der Waals surface area contributed by atoms with E-state index >= 15 is 0 Å². The molecular formula is C34H34N2O4. The zero-order chi connectivity index (χ0) is 28.5. The normalized spacial score (nSPS) is 10.7. The number of carboxylic acids is 1. The van der Waals surface area contributed by atoms with E-state index < -0.39 is 5.97 Å². The molecule has 4 aromatic rings. The minimum absolute atomic E-state index is 0.165. The first-order valence-electron chi connectivity index (χ1n) is 13.5. The lowest BCUT2D eigenvalue weighted by Gasteiger charge is -2.22. The molecule has 40 heavy (non-hydrogen) atoms. The summed E-state index contributed by atoms with van der Waals surface area (Å²) in [6.07, 6.45) is 3.17. The number of para-hydroxylation sites is 2. The van der Waals surface area contributed by atoms with Crippen molar-refractivity contribution in [2.75, 3.05) is 17.3 Å². The molecule has 0 saturated carbocycles. The average molecular weight is 535 g/mol. The molecule has 0 heterocycles. The summed E-state index contributed by atoms with van der Waals surface area (Å²) >= 11 is 0. The number of nitrogens with zero attached hydrogens (tertiary/aromatic N) is 1. The zero-order valence-electron chi connectivity index (χ0n) is 22.9. The summed E-state index contributed by atoms with van der Waals surface area (Å²) in [7, 11) is 1.74. The summed E-state index contributed by atoms with van der Waals surface area (Å²) in [6, 6.07) is 30.3. The second-order valence-corrected chi connectivity index (χ2v) is 9.81. The van der Waals surface area contributed by atoms with Gasteiger partial charge in [0.2, 0.25) is 0 Å². The number of hydrogen-bond acceptors (Lipinski definition) is 3. The molecule has 0 unspecified atom stereocenters. The van der Waals surface area contributed by atoms with Gasteiger partial charge in [-0.05, 0) is 66.6 Å². The van der Waals surface area contributed by atoms with Gasteiger partial charge in [0.15, 0.2) is 0 Å². The molecule has 2 N–H and O–H groups in total. The van der Waals surface area contributed by atoms with Gasteiger partial charge in [0.05, 0.1) is 16.8 Å². The van der Waals surface area contributed by atoms with Gasteiger partial charge in [0.1, 0.15) is 0 Å². The summed E-state index contributed by atoms with van der Waals surface area (Å²) in [5, 5.41) is 11.9. The molecule has 0 radical (unpaired) electrons. The number of anilines is 2. The SMILES string of the molecule is Cc1cccc(-c2ccccc2)c1C(=O)Nc1ccccc1C(=O)N(C)c1ccccc1CCCCCC(=O)O. The Hall–Kier alpha value is -4.71. The second kappa shape index (κ2) is 13.4. The summed E-state index contributed by atoms with van der Waals surface area (Å²) in [5.74, 6) is -1.29. The van der Waals surface area contributed by atoms with Crippen LogP contribution in [0.5, 0.6) is 0 Å². The fraction of sp³-hybridized carbons (Fsp3) is 0.206. The Balaban J connectivity index is 1.56. The number of hydrogen-bond donors (Lipinski definition) is 2. The monoisotopic (exact) mass is 534 g/mol. The van der Waals surface area contributed by atoms with Gasteiger partial charge in [-0.15, -0.1) is 0 Å². The van der Waals surface area contributed by atoms with Gasteiger partial charge in [-0.3, -0.25) is 14.4 Å². The van der Waals surface area contributed by atoms with Gasteiger partial charge >= 0.3 is 5.97 Å². The van der Waals surface area contributed by atoms with Crippen molar-refractivity contribution in [3.63, 3.8) is 0 Å². The molecule has 6 heteroatoms. The molecule has 0 aliphatic rings. The maximum atomic E-state index is 13.8. The third kappa shape index (κ3) is 6.83. The topological polar surface area (TPSA) is 86.7 Å². The van der Waals surface area contributed by atoms with Crippen LogP contribution >= 0.6 is 0 Å². The Morgan fingerprint density at radius 1 is 0.775 bits per heavy atom. The van der Waals surface area contributed by atoms with E-state index in [1.807, 2.05) is 79.7 Å². The fourth-order valence-corrected chi connectivity index (χ4v) is 4.90. The standard InChI is InChI=1S/C34H34N2O4/c1-24-14-13-20-27(25-15-5-3-6-16-25)32(24)33(39)35-29-21-11-10-19-28(29)34(40)36(2)30-22-12-9-18-26(30)17-7-4-8-23-31(37)38/h3,5-6,9-16,18-22H,4,7-8,17,23H2,1-2H3,(H,35,39)(H,37,38). The fourth-order valence-electron chi connectivity index (χ4n) is 4.90. The van der Waals surface area contributed by atoms with Gasteiger partial charge in [-0.1, -0.05) is 85.3 Å². The first kappa shape index (κ1) is 28.3. The van der Waals surface area contributed by atoms with E-state index in [1.54, 1.807) is 36.2 Å². The minimum Gasteiger partial charge on any atom is -0.481 e. The highest BCUT2D eigenvalue weighted by molar-refractivity contribution is 6.15. The largest absolute Gasteiger partial charge is 0.481 e. The van der Waals surface area contributed by atoms with E-state index in [4.69, 9.17) is 5.11 Å². The number of carbonyl (C=O) groups excluding carboxylic acids is 2. The molecule has 0 aliphatic carbocycles. The molecule has 6 nitrogen and oxygen atoms in total. The Kier molecular flexibility index (Phi) is 9.47. The number of aryl methyl sites for hydroxylation is 2. The number of unbranched alkanes of at least 4 members (excludes halogenated alkanes) is 2. The molecule has 0 saturated heterocycles. The summed E-state index contributed by atoms with van der Waals surface area (Å²) < 4.78 is 0. The quantitative estimate of drug-likeness (QED) is 0.197. The number of carboxylic acid groups (broad SMARTS) is 1. The van der Waals surface area contributed by atoms with E-state index in [0.717, 1.165) is 47.2 Å². The number of benzene rings is 4. The van der Waals surface area contributed by atoms with Crippen LogP contribution in [0.2, 0.25) is 0 Å². The van der Waals surface area contributed by atoms with Crippen molar-refractivity contribution >= 4 is 29.2 Å². The maximum Gasteiger partial charge on any atom is 0.303 e. The second-order valence-electron chi connectivity index (χ2n) is 9.81. The Bertz CT molecular complexity index is 1500. The van der Waals surface area contributed by atoms with Gasteiger partial charge in [0.25, 0.3) is 11.8 Å². The van der Waals surface area contributed by atoms with Gasteiger partial charge in [-0.2, -0.15) is 0 Å². The van der Waals surface area contributed by atoms with Crippen LogP contribution in [-0.4, -0.2) is 29.9 Å². The predicted octanol–water partition coefficient (Wildman–Crippen LogP) is 7.38. The number of carbonyl (C=O) groups is 3. The summed E-state index contributed by atoms with van der Waals surface area (Å²) in [5.41, 5.74) is 5.83. The zero-order valence-corrected chi connectivity index (χ0v) is 22.9. The molecule has 0 atom stereocenters. The van der Waals surface area contributed by atoms with Crippen molar-refractivity contribution < 1.29 is 19.5 Å². The maximum absolute atomic E-state index is 13.8. The number of amides is 2. The minimum atomic E-state index is -0.782. The number of nitrogens with one attached hydrogen (secondary N) is 1. The molecule has 0 spiro atoms. The van der Waals surface area contributed by atoms with Crippen LogP contribution in [-0.2, 0) is 11.2 Å². The Morgan fingerprint density at radius 3 is 2.25 bits per heavy atom. The van der Waals surface area contributed by atoms with Crippen LogP contribution in [0, 0.1) is 6.92 Å². The van der Waals surface area contributed by atoms with E-state index in [-0.39, 0.29) is 18.2 Å². The van der Waals surface area contributed by atoms with Crippen molar-refractivity contribution in [3.8, 4) is 11.1 Å². The van der Waals surface area contributed by atoms with Gasteiger partial charge in [-0.25, -0.2) is 0 Å². The lowest BCUT2D eigenvalue weighted by molar-refractivity contribution is -0.137. The van der Waals surface area contributed by atoms with E-state index in [1.165, 1.54) is 0 Å². The molecule has 0 fully saturated rings. The highest BCUT2D eigenvalue weighted by atomic mass is 16.4. The Morgan fingerprint density at radius 2 is 1.48 bits per heavy atom. The van der Waals surface area contributed by atoms with Crippen molar-refractivity contribution in [2.45, 2.75) is 39.0 Å². The lowest BCUT2D eigenvalue weighted by atomic mass is 9.95. The number of rotatable bonds is 11. The van der Waals surface area contributed by atoms with Crippen LogP contribution in [0.4, 0.5) is 11.4 Å². The highest BCUT2D eigenvalue weighted by Gasteiger charge is 2.22. The van der Waals surface area contributed by atoms with Gasteiger partial charge < -0.3 is 15.3 Å². The third-order valence-electron chi connectivity index (χ3n) is 6.98. The molecular weight excluding hydrogens is 500 g/mol. The van der Waals surface area contributed by atoms with Crippen molar-refractivity contribution in [2.24, 2.45) is 0 Å². The molecule has 4 aromatic carbocycles. The van der Waals surface area contributed by atoms with Gasteiger partial charge in [0, 0.05) is 19.2 Å². The average Bonchev–Trinajstić information content (AvgIpc) is 2.97. The highest BCUT2D eigenvalue weighted by Crippen LogP contribution is 2.29. The third-order valence-corrected chi connectivity index (χ3v) is 6.98. The van der Waals surface area contributed by atoms with Crippen LogP contribution in [0.25, 0.3) is 11.1 Å². The molecule has 0 aliphatic heterocycles. The molecule has 4 rings (SSSR count). The van der Waals surface area contributed by atoms with Crippen LogP contribution in [0.15, 0.2) is 97.1 Å². The Labute approximate surface area is 235 Å². The van der Waals surface area contributed by atoms with Crippen molar-refractivity contribution in [1.82, 2.24) is 0 Å². The van der Waals surface area contributed by atoms with Crippen LogP contribution in [0.3, 0.4) is 0 Å². The molecule has 2 amide bonds. The van der Waals surface area contributed by atoms with E-state index in [2.05, 4.69) is 5.32 Å². The van der Waals surface area contributed by atoms with E-state index in [0.29, 0.717) is 23.2 Å². The lowest BCUT2D eigenvalue weighted by Crippen LogP contribution is -2.28. The summed E-state index contributed by atoms with van der Waals surface area (Å²) in [6.45, 7) is 1.91. The van der Waals surface area contributed by atoms with Crippen LogP contribution in [0.1, 0.15) is 57.5 Å². The smallest absolute Gasteiger partial charge is 0.303 e. The first-order valence-corrected chi connectivity index (χ1v) is 13.5. The van der Waals surface area contributed by atoms with Crippen LogP contribution < -0.4 is 10.2 Å². The predicted molar refractivity (Wildman–Crippen MR) is 160 cm³/mol. The molecule has 204 valence electrons. The molecule has 0 bridgehead atoms. The first-order chi connectivity index (χ1) is 19.4. The van der Waals surface area contributed by atoms with E-state index in [9.17, 15) is 14.4 Å². The van der Waals surface area contributed by atoms with Crippen molar-refractivity contribution in [3.05, 3.63) is 119 Å². The van der Waals surface area contributed by atoms with Crippen molar-refractivity contribution in [1.29, 1.82) is 0 Å².